The SMILES string of the molecule is CC(c1ccc(Br)cc1F)N1CCOCC1CC(=O)O. The third kappa shape index (κ3) is 3.56. The zero-order chi connectivity index (χ0) is 14.7. The summed E-state index contributed by atoms with van der Waals surface area (Å²) in [6.07, 6.45) is 0.00247. The second kappa shape index (κ2) is 6.65. The fourth-order valence-corrected chi connectivity index (χ4v) is 2.91. The molecule has 1 aliphatic heterocycles. The number of hydrogen-bond acceptors (Lipinski definition) is 3. The van der Waals surface area contributed by atoms with Crippen LogP contribution in [-0.2, 0) is 9.53 Å². The van der Waals surface area contributed by atoms with Gasteiger partial charge >= 0.3 is 5.97 Å². The van der Waals surface area contributed by atoms with Gasteiger partial charge in [-0.1, -0.05) is 22.0 Å². The molecule has 0 amide bonds. The second-order valence-corrected chi connectivity index (χ2v) is 5.82. The average molecular weight is 346 g/mol. The molecular formula is C14H17BrFNO3. The molecule has 1 aromatic carbocycles. The lowest BCUT2D eigenvalue weighted by Crippen LogP contribution is -2.47. The summed E-state index contributed by atoms with van der Waals surface area (Å²) >= 11 is 3.23. The van der Waals surface area contributed by atoms with E-state index in [1.54, 1.807) is 12.1 Å². The Morgan fingerprint density at radius 1 is 1.65 bits per heavy atom. The molecule has 1 fully saturated rings. The first kappa shape index (κ1) is 15.4. The van der Waals surface area contributed by atoms with Gasteiger partial charge in [-0.2, -0.15) is 0 Å². The van der Waals surface area contributed by atoms with Gasteiger partial charge in [0, 0.05) is 28.7 Å². The molecule has 2 unspecified atom stereocenters. The monoisotopic (exact) mass is 345 g/mol. The first-order valence-corrected chi connectivity index (χ1v) is 7.28. The molecule has 1 aliphatic rings. The van der Waals surface area contributed by atoms with E-state index >= 15 is 0 Å². The number of aliphatic carboxylic acids is 1. The summed E-state index contributed by atoms with van der Waals surface area (Å²) in [5, 5.41) is 8.96. The van der Waals surface area contributed by atoms with Crippen molar-refractivity contribution in [1.29, 1.82) is 0 Å². The molecule has 0 saturated carbocycles. The number of benzene rings is 1. The maximum absolute atomic E-state index is 14.0. The molecule has 2 atom stereocenters. The quantitative estimate of drug-likeness (QED) is 0.911. The Labute approximate surface area is 125 Å². The van der Waals surface area contributed by atoms with Crippen LogP contribution in [0, 0.1) is 5.82 Å². The van der Waals surface area contributed by atoms with Crippen molar-refractivity contribution >= 4 is 21.9 Å². The van der Waals surface area contributed by atoms with Gasteiger partial charge in [0.1, 0.15) is 5.82 Å². The van der Waals surface area contributed by atoms with Crippen LogP contribution in [0.3, 0.4) is 0 Å². The molecule has 4 nitrogen and oxygen atoms in total. The lowest BCUT2D eigenvalue weighted by atomic mass is 10.0. The maximum Gasteiger partial charge on any atom is 0.305 e. The van der Waals surface area contributed by atoms with E-state index < -0.39 is 5.97 Å². The largest absolute Gasteiger partial charge is 0.481 e. The number of ether oxygens (including phenoxy) is 1. The van der Waals surface area contributed by atoms with Crippen LogP contribution in [0.4, 0.5) is 4.39 Å². The van der Waals surface area contributed by atoms with Gasteiger partial charge in [-0.3, -0.25) is 9.69 Å². The van der Waals surface area contributed by atoms with Gasteiger partial charge in [0.05, 0.1) is 19.6 Å². The van der Waals surface area contributed by atoms with Crippen LogP contribution in [-0.4, -0.2) is 41.8 Å². The Kier molecular flexibility index (Phi) is 5.12. The van der Waals surface area contributed by atoms with Crippen molar-refractivity contribution in [3.05, 3.63) is 34.1 Å². The molecule has 20 heavy (non-hydrogen) atoms. The molecule has 0 spiro atoms. The molecule has 0 bridgehead atoms. The number of rotatable bonds is 4. The number of halogens is 2. The normalized spacial score (nSPS) is 21.6. The number of nitrogens with zero attached hydrogens (tertiary/aromatic N) is 1. The highest BCUT2D eigenvalue weighted by atomic mass is 79.9. The third-order valence-electron chi connectivity index (χ3n) is 3.59. The van der Waals surface area contributed by atoms with E-state index in [1.165, 1.54) is 6.07 Å². The van der Waals surface area contributed by atoms with Crippen LogP contribution >= 0.6 is 15.9 Å². The fourth-order valence-electron chi connectivity index (χ4n) is 2.57. The Morgan fingerprint density at radius 2 is 2.40 bits per heavy atom. The van der Waals surface area contributed by atoms with Gasteiger partial charge in [0.2, 0.25) is 0 Å². The highest BCUT2D eigenvalue weighted by Gasteiger charge is 2.30. The first-order valence-electron chi connectivity index (χ1n) is 6.49. The number of hydrogen-bond donors (Lipinski definition) is 1. The van der Waals surface area contributed by atoms with Crippen LogP contribution < -0.4 is 0 Å². The minimum Gasteiger partial charge on any atom is -0.481 e. The molecule has 1 N–H and O–H groups in total. The van der Waals surface area contributed by atoms with Crippen molar-refractivity contribution in [3.8, 4) is 0 Å². The molecule has 2 rings (SSSR count). The number of carbonyl (C=O) groups is 1. The Bertz CT molecular complexity index is 497. The predicted molar refractivity (Wildman–Crippen MR) is 76.1 cm³/mol. The highest BCUT2D eigenvalue weighted by Crippen LogP contribution is 2.29. The summed E-state index contributed by atoms with van der Waals surface area (Å²) in [7, 11) is 0. The topological polar surface area (TPSA) is 49.8 Å². The van der Waals surface area contributed by atoms with Crippen molar-refractivity contribution in [3.63, 3.8) is 0 Å². The van der Waals surface area contributed by atoms with Crippen LogP contribution in [0.1, 0.15) is 24.9 Å². The van der Waals surface area contributed by atoms with Gasteiger partial charge in [0.25, 0.3) is 0 Å². The van der Waals surface area contributed by atoms with Gasteiger partial charge in [-0.05, 0) is 19.1 Å². The standard InChI is InChI=1S/C14H17BrFNO3/c1-9(12-3-2-10(15)6-13(12)16)17-4-5-20-8-11(17)7-14(18)19/h2-3,6,9,11H,4-5,7-8H2,1H3,(H,18,19). The third-order valence-corrected chi connectivity index (χ3v) is 4.09. The van der Waals surface area contributed by atoms with Crippen LogP contribution in [0.2, 0.25) is 0 Å². The molecule has 110 valence electrons. The van der Waals surface area contributed by atoms with Crippen LogP contribution in [0.15, 0.2) is 22.7 Å². The van der Waals surface area contributed by atoms with Crippen molar-refractivity contribution in [2.45, 2.75) is 25.4 Å². The van der Waals surface area contributed by atoms with E-state index in [4.69, 9.17) is 9.84 Å². The first-order chi connectivity index (χ1) is 9.49. The highest BCUT2D eigenvalue weighted by molar-refractivity contribution is 9.10. The molecule has 0 aromatic heterocycles. The van der Waals surface area contributed by atoms with E-state index in [1.807, 2.05) is 11.8 Å². The molecule has 1 heterocycles. The van der Waals surface area contributed by atoms with Crippen molar-refractivity contribution in [2.75, 3.05) is 19.8 Å². The van der Waals surface area contributed by atoms with Gasteiger partial charge in [-0.15, -0.1) is 0 Å². The summed E-state index contributed by atoms with van der Waals surface area (Å²) in [6, 6.07) is 4.55. The number of morpholine rings is 1. The van der Waals surface area contributed by atoms with E-state index in [2.05, 4.69) is 15.9 Å². The molecule has 0 radical (unpaired) electrons. The van der Waals surface area contributed by atoms with Crippen molar-refractivity contribution in [2.24, 2.45) is 0 Å². The summed E-state index contributed by atoms with van der Waals surface area (Å²) in [4.78, 5) is 12.9. The number of carboxylic acid groups (broad SMARTS) is 1. The molecule has 1 aromatic rings. The summed E-state index contributed by atoms with van der Waals surface area (Å²) in [5.41, 5.74) is 0.575. The second-order valence-electron chi connectivity index (χ2n) is 4.91. The average Bonchev–Trinajstić information content (AvgIpc) is 2.38. The van der Waals surface area contributed by atoms with Crippen molar-refractivity contribution in [1.82, 2.24) is 4.90 Å². The smallest absolute Gasteiger partial charge is 0.305 e. The molecular weight excluding hydrogens is 329 g/mol. The molecule has 0 aliphatic carbocycles. The molecule has 1 saturated heterocycles. The van der Waals surface area contributed by atoms with Gasteiger partial charge in [0.15, 0.2) is 0 Å². The van der Waals surface area contributed by atoms with Gasteiger partial charge < -0.3 is 9.84 Å². The van der Waals surface area contributed by atoms with Crippen LogP contribution in [0.5, 0.6) is 0 Å². The predicted octanol–water partition coefficient (Wildman–Crippen LogP) is 2.82. The zero-order valence-corrected chi connectivity index (χ0v) is 12.8. The molecule has 6 heteroatoms. The van der Waals surface area contributed by atoms with Crippen molar-refractivity contribution < 1.29 is 19.0 Å². The van der Waals surface area contributed by atoms with Gasteiger partial charge in [-0.25, -0.2) is 4.39 Å². The Morgan fingerprint density at radius 3 is 3.05 bits per heavy atom. The van der Waals surface area contributed by atoms with E-state index in [0.717, 1.165) is 0 Å². The number of carboxylic acids is 1. The lowest BCUT2D eigenvalue weighted by Gasteiger charge is -2.39. The van der Waals surface area contributed by atoms with E-state index in [0.29, 0.717) is 29.8 Å². The van der Waals surface area contributed by atoms with E-state index in [9.17, 15) is 9.18 Å². The fraction of sp³-hybridized carbons (Fsp3) is 0.500. The maximum atomic E-state index is 14.0. The van der Waals surface area contributed by atoms with E-state index in [-0.39, 0.29) is 24.3 Å². The summed E-state index contributed by atoms with van der Waals surface area (Å²) < 4.78 is 20.1. The Balaban J connectivity index is 2.20. The van der Waals surface area contributed by atoms with Crippen LogP contribution in [0.25, 0.3) is 0 Å². The summed E-state index contributed by atoms with van der Waals surface area (Å²) in [6.45, 7) is 3.41. The summed E-state index contributed by atoms with van der Waals surface area (Å²) in [5.74, 6) is -1.15. The Hall–Kier alpha value is -0.980. The minimum atomic E-state index is -0.867. The minimum absolute atomic E-state index is 0.00247. The lowest BCUT2D eigenvalue weighted by molar-refractivity contribution is -0.140. The zero-order valence-electron chi connectivity index (χ0n) is 11.2.